The second-order valence-corrected chi connectivity index (χ2v) is 5.68. The minimum Gasteiger partial charge on any atom is -0.394 e. The maximum Gasteiger partial charge on any atom is 0.237 e. The monoisotopic (exact) mass is 256 g/mol. The van der Waals surface area contributed by atoms with Crippen molar-refractivity contribution in [2.75, 3.05) is 6.61 Å². The molecule has 1 rings (SSSR count). The molecule has 1 fully saturated rings. The van der Waals surface area contributed by atoms with Gasteiger partial charge in [-0.2, -0.15) is 0 Å². The summed E-state index contributed by atoms with van der Waals surface area (Å²) in [6.45, 7) is 6.06. The van der Waals surface area contributed by atoms with Crippen LogP contribution in [-0.2, 0) is 4.79 Å². The lowest BCUT2D eigenvalue weighted by molar-refractivity contribution is -0.124. The zero-order valence-electron chi connectivity index (χ0n) is 12.0. The largest absolute Gasteiger partial charge is 0.394 e. The Balaban J connectivity index is 2.50. The van der Waals surface area contributed by atoms with Gasteiger partial charge in [0.1, 0.15) is 0 Å². The zero-order valence-corrected chi connectivity index (χ0v) is 12.0. The average molecular weight is 256 g/mol. The highest BCUT2D eigenvalue weighted by atomic mass is 16.3. The molecule has 0 aromatic carbocycles. The molecule has 1 aliphatic rings. The van der Waals surface area contributed by atoms with Gasteiger partial charge in [-0.3, -0.25) is 10.1 Å². The molecular weight excluding hydrogens is 228 g/mol. The Morgan fingerprint density at radius 3 is 2.39 bits per heavy atom. The van der Waals surface area contributed by atoms with Crippen LogP contribution in [0.1, 0.15) is 59.3 Å². The zero-order chi connectivity index (χ0) is 13.6. The molecule has 4 heteroatoms. The summed E-state index contributed by atoms with van der Waals surface area (Å²) in [6.07, 6.45) is 6.36. The Bertz CT molecular complexity index is 263. The van der Waals surface area contributed by atoms with Crippen LogP contribution in [0.2, 0.25) is 0 Å². The first kappa shape index (κ1) is 15.4. The lowest BCUT2D eigenvalue weighted by Crippen LogP contribution is -2.58. The van der Waals surface area contributed by atoms with E-state index in [2.05, 4.69) is 17.6 Å². The minimum absolute atomic E-state index is 0.0303. The van der Waals surface area contributed by atoms with Crippen LogP contribution in [0.5, 0.6) is 0 Å². The van der Waals surface area contributed by atoms with Gasteiger partial charge in [0.2, 0.25) is 5.91 Å². The van der Waals surface area contributed by atoms with Gasteiger partial charge in [0, 0.05) is 11.6 Å². The second-order valence-electron chi connectivity index (χ2n) is 5.68. The van der Waals surface area contributed by atoms with Crippen molar-refractivity contribution in [1.29, 1.82) is 0 Å². The SMILES string of the molecule is CCC(C)NC(=O)C(C)NC1(CO)CCCCC1. The van der Waals surface area contributed by atoms with E-state index in [1.807, 2.05) is 13.8 Å². The van der Waals surface area contributed by atoms with Crippen molar-refractivity contribution in [3.05, 3.63) is 0 Å². The summed E-state index contributed by atoms with van der Waals surface area (Å²) < 4.78 is 0. The quantitative estimate of drug-likeness (QED) is 0.676. The average Bonchev–Trinajstić information content (AvgIpc) is 2.39. The number of amides is 1. The smallest absolute Gasteiger partial charge is 0.237 e. The summed E-state index contributed by atoms with van der Waals surface area (Å²) in [6, 6.07) is -0.0394. The van der Waals surface area contributed by atoms with Gasteiger partial charge >= 0.3 is 0 Å². The van der Waals surface area contributed by atoms with E-state index >= 15 is 0 Å². The van der Waals surface area contributed by atoms with Crippen molar-refractivity contribution in [2.24, 2.45) is 0 Å². The Hall–Kier alpha value is -0.610. The number of hydrogen-bond acceptors (Lipinski definition) is 3. The molecule has 3 N–H and O–H groups in total. The molecule has 4 nitrogen and oxygen atoms in total. The van der Waals surface area contributed by atoms with E-state index in [0.717, 1.165) is 32.1 Å². The Kier molecular flexibility index (Phi) is 6.09. The maximum atomic E-state index is 12.0. The molecule has 0 spiro atoms. The van der Waals surface area contributed by atoms with Crippen molar-refractivity contribution >= 4 is 5.91 Å². The summed E-state index contributed by atoms with van der Waals surface area (Å²) in [7, 11) is 0. The van der Waals surface area contributed by atoms with Gasteiger partial charge in [-0.25, -0.2) is 0 Å². The molecule has 2 atom stereocenters. The molecule has 1 amide bonds. The van der Waals surface area contributed by atoms with Crippen LogP contribution in [0.4, 0.5) is 0 Å². The van der Waals surface area contributed by atoms with E-state index in [-0.39, 0.29) is 30.1 Å². The first-order chi connectivity index (χ1) is 8.53. The molecule has 0 aromatic rings. The summed E-state index contributed by atoms with van der Waals surface area (Å²) in [5.74, 6) is 0.0303. The highest BCUT2D eigenvalue weighted by molar-refractivity contribution is 5.81. The van der Waals surface area contributed by atoms with Gasteiger partial charge in [-0.1, -0.05) is 26.2 Å². The molecule has 106 valence electrons. The van der Waals surface area contributed by atoms with Crippen LogP contribution in [-0.4, -0.2) is 35.2 Å². The van der Waals surface area contributed by atoms with Gasteiger partial charge in [0.25, 0.3) is 0 Å². The number of nitrogens with one attached hydrogen (secondary N) is 2. The van der Waals surface area contributed by atoms with Crippen molar-refractivity contribution < 1.29 is 9.90 Å². The van der Waals surface area contributed by atoms with Crippen LogP contribution in [0.15, 0.2) is 0 Å². The van der Waals surface area contributed by atoms with E-state index in [4.69, 9.17) is 0 Å². The van der Waals surface area contributed by atoms with E-state index < -0.39 is 0 Å². The fourth-order valence-electron chi connectivity index (χ4n) is 2.57. The van der Waals surface area contributed by atoms with Crippen molar-refractivity contribution in [2.45, 2.75) is 76.9 Å². The first-order valence-electron chi connectivity index (χ1n) is 7.22. The Morgan fingerprint density at radius 1 is 1.28 bits per heavy atom. The Labute approximate surface area is 111 Å². The molecule has 0 aliphatic heterocycles. The predicted molar refractivity (Wildman–Crippen MR) is 73.4 cm³/mol. The van der Waals surface area contributed by atoms with Crippen LogP contribution in [0.3, 0.4) is 0 Å². The normalized spacial score (nSPS) is 22.2. The van der Waals surface area contributed by atoms with Crippen LogP contribution < -0.4 is 10.6 Å². The fraction of sp³-hybridized carbons (Fsp3) is 0.929. The number of aliphatic hydroxyl groups is 1. The van der Waals surface area contributed by atoms with Crippen LogP contribution in [0.25, 0.3) is 0 Å². The van der Waals surface area contributed by atoms with Gasteiger partial charge in [-0.15, -0.1) is 0 Å². The van der Waals surface area contributed by atoms with Gasteiger partial charge in [0.05, 0.1) is 12.6 Å². The van der Waals surface area contributed by atoms with Gasteiger partial charge < -0.3 is 10.4 Å². The first-order valence-corrected chi connectivity index (χ1v) is 7.22. The van der Waals surface area contributed by atoms with Crippen LogP contribution in [0, 0.1) is 0 Å². The number of rotatable bonds is 6. The van der Waals surface area contributed by atoms with Crippen LogP contribution >= 0.6 is 0 Å². The molecule has 1 saturated carbocycles. The Morgan fingerprint density at radius 2 is 1.89 bits per heavy atom. The van der Waals surface area contributed by atoms with E-state index in [1.165, 1.54) is 6.42 Å². The van der Waals surface area contributed by atoms with E-state index in [1.54, 1.807) is 0 Å². The molecule has 0 heterocycles. The molecule has 0 bridgehead atoms. The highest BCUT2D eigenvalue weighted by Crippen LogP contribution is 2.28. The summed E-state index contributed by atoms with van der Waals surface area (Å²) in [5, 5.41) is 15.9. The molecular formula is C14H28N2O2. The summed E-state index contributed by atoms with van der Waals surface area (Å²) in [4.78, 5) is 12.0. The third kappa shape index (κ3) is 4.25. The third-order valence-electron chi connectivity index (χ3n) is 4.03. The standard InChI is InChI=1S/C14H28N2O2/c1-4-11(2)15-13(18)12(3)16-14(10-17)8-6-5-7-9-14/h11-12,16-17H,4-10H2,1-3H3,(H,15,18). The summed E-state index contributed by atoms with van der Waals surface area (Å²) in [5.41, 5.74) is -0.246. The third-order valence-corrected chi connectivity index (χ3v) is 4.03. The lowest BCUT2D eigenvalue weighted by atomic mass is 9.81. The number of aliphatic hydroxyl groups excluding tert-OH is 1. The van der Waals surface area contributed by atoms with Crippen molar-refractivity contribution in [1.82, 2.24) is 10.6 Å². The number of hydrogen-bond donors (Lipinski definition) is 3. The summed E-state index contributed by atoms with van der Waals surface area (Å²) >= 11 is 0. The van der Waals surface area contributed by atoms with Gasteiger partial charge in [0.15, 0.2) is 0 Å². The number of carbonyl (C=O) groups is 1. The molecule has 1 aliphatic carbocycles. The van der Waals surface area contributed by atoms with Crippen molar-refractivity contribution in [3.63, 3.8) is 0 Å². The minimum atomic E-state index is -0.246. The second kappa shape index (κ2) is 7.10. The van der Waals surface area contributed by atoms with E-state index in [9.17, 15) is 9.90 Å². The molecule has 0 saturated heterocycles. The lowest BCUT2D eigenvalue weighted by Gasteiger charge is -2.38. The van der Waals surface area contributed by atoms with Crippen molar-refractivity contribution in [3.8, 4) is 0 Å². The topological polar surface area (TPSA) is 61.4 Å². The molecule has 2 unspecified atom stereocenters. The molecule has 0 aromatic heterocycles. The van der Waals surface area contributed by atoms with E-state index in [0.29, 0.717) is 0 Å². The molecule has 0 radical (unpaired) electrons. The van der Waals surface area contributed by atoms with Gasteiger partial charge in [-0.05, 0) is 33.1 Å². The molecule has 18 heavy (non-hydrogen) atoms. The predicted octanol–water partition coefficient (Wildman–Crippen LogP) is 1.57. The fourth-order valence-corrected chi connectivity index (χ4v) is 2.57. The maximum absolute atomic E-state index is 12.0. The highest BCUT2D eigenvalue weighted by Gasteiger charge is 2.33. The number of carbonyl (C=O) groups excluding carboxylic acids is 1.